The molecule has 0 aliphatic carbocycles. The van der Waals surface area contributed by atoms with E-state index < -0.39 is 0 Å². The van der Waals surface area contributed by atoms with Crippen LogP contribution in [-0.4, -0.2) is 47.1 Å². The van der Waals surface area contributed by atoms with Gasteiger partial charge in [0, 0.05) is 0 Å². The molecule has 0 rings (SSSR count). The van der Waals surface area contributed by atoms with Gasteiger partial charge in [0.2, 0.25) is 0 Å². The maximum atomic E-state index is 3.29. The zero-order chi connectivity index (χ0) is 15.8. The summed E-state index contributed by atoms with van der Waals surface area (Å²) in [6, 6.07) is 0. The quantitative estimate of drug-likeness (QED) is 0.687. The van der Waals surface area contributed by atoms with Crippen molar-refractivity contribution in [3.8, 4) is 23.7 Å². The molecule has 114 valence electrons. The van der Waals surface area contributed by atoms with Crippen LogP contribution in [0.2, 0.25) is 0 Å². The first-order chi connectivity index (χ1) is 9.25. The summed E-state index contributed by atoms with van der Waals surface area (Å²) in [7, 11) is 0. The van der Waals surface area contributed by atoms with Gasteiger partial charge in [-0.2, -0.15) is 0 Å². The van der Waals surface area contributed by atoms with E-state index in [1.54, 1.807) is 0 Å². The highest BCUT2D eigenvalue weighted by Gasteiger charge is 2.22. The molecule has 0 aromatic rings. The van der Waals surface area contributed by atoms with Gasteiger partial charge >= 0.3 is 0 Å². The van der Waals surface area contributed by atoms with Crippen LogP contribution < -0.4 is 0 Å². The second kappa shape index (κ2) is 8.35. The van der Waals surface area contributed by atoms with Gasteiger partial charge in [-0.1, -0.05) is 39.5 Å². The van der Waals surface area contributed by atoms with Crippen molar-refractivity contribution in [2.45, 2.75) is 66.5 Å². The fraction of sp³-hybridized carbons (Fsp3) is 0.778. The van der Waals surface area contributed by atoms with E-state index >= 15 is 0 Å². The second-order valence-electron chi connectivity index (χ2n) is 5.96. The van der Waals surface area contributed by atoms with E-state index in [9.17, 15) is 0 Å². The van der Waals surface area contributed by atoms with E-state index in [1.807, 2.05) is 0 Å². The molecule has 0 aromatic carbocycles. The summed E-state index contributed by atoms with van der Waals surface area (Å²) in [5, 5.41) is 0. The first-order valence-electron chi connectivity index (χ1n) is 7.79. The molecule has 0 radical (unpaired) electrons. The van der Waals surface area contributed by atoms with E-state index in [-0.39, 0.29) is 11.1 Å². The summed E-state index contributed by atoms with van der Waals surface area (Å²) in [6.45, 7) is 21.3. The molecule has 0 saturated heterocycles. The monoisotopic (exact) mass is 276 g/mol. The Hall–Kier alpha value is -0.960. The molecule has 0 N–H and O–H groups in total. The molecule has 0 saturated carbocycles. The summed E-state index contributed by atoms with van der Waals surface area (Å²) in [5.41, 5.74) is -0.227. The third-order valence-electron chi connectivity index (χ3n) is 3.91. The van der Waals surface area contributed by atoms with Gasteiger partial charge in [-0.3, -0.25) is 9.80 Å². The second-order valence-corrected chi connectivity index (χ2v) is 5.96. The van der Waals surface area contributed by atoms with Gasteiger partial charge in [-0.25, -0.2) is 0 Å². The lowest BCUT2D eigenvalue weighted by molar-refractivity contribution is 0.189. The van der Waals surface area contributed by atoms with Gasteiger partial charge in [0.25, 0.3) is 0 Å². The molecular formula is C18H32N2. The maximum absolute atomic E-state index is 3.29. The van der Waals surface area contributed by atoms with Crippen molar-refractivity contribution < 1.29 is 0 Å². The van der Waals surface area contributed by atoms with Crippen LogP contribution in [-0.2, 0) is 0 Å². The highest BCUT2D eigenvalue weighted by atomic mass is 15.2. The van der Waals surface area contributed by atoms with Crippen LogP contribution in [0.4, 0.5) is 0 Å². The van der Waals surface area contributed by atoms with Gasteiger partial charge in [-0.05, 0) is 65.7 Å². The van der Waals surface area contributed by atoms with Crippen LogP contribution in [0, 0.1) is 23.7 Å². The lowest BCUT2D eigenvalue weighted by atomic mass is 10.0. The topological polar surface area (TPSA) is 6.48 Å². The normalized spacial score (nSPS) is 11.9. The first-order valence-corrected chi connectivity index (χ1v) is 7.79. The van der Waals surface area contributed by atoms with E-state index in [1.165, 1.54) is 0 Å². The molecule has 0 atom stereocenters. The Morgan fingerprint density at radius 3 is 1.05 bits per heavy atom. The van der Waals surface area contributed by atoms with Gasteiger partial charge in [0.05, 0.1) is 11.1 Å². The smallest absolute Gasteiger partial charge is 0.0778 e. The van der Waals surface area contributed by atoms with Crippen molar-refractivity contribution in [2.24, 2.45) is 0 Å². The van der Waals surface area contributed by atoms with Crippen molar-refractivity contribution >= 4 is 0 Å². The highest BCUT2D eigenvalue weighted by Crippen LogP contribution is 2.13. The Bertz CT molecular complexity index is 351. The van der Waals surface area contributed by atoms with Crippen LogP contribution in [0.15, 0.2) is 0 Å². The fourth-order valence-corrected chi connectivity index (χ4v) is 2.55. The molecule has 2 nitrogen and oxygen atoms in total. The molecule has 0 fully saturated rings. The van der Waals surface area contributed by atoms with Gasteiger partial charge in [0.1, 0.15) is 0 Å². The largest absolute Gasteiger partial charge is 0.288 e. The van der Waals surface area contributed by atoms with Crippen LogP contribution >= 0.6 is 0 Å². The Kier molecular flexibility index (Phi) is 7.95. The van der Waals surface area contributed by atoms with Gasteiger partial charge in [-0.15, -0.1) is 0 Å². The zero-order valence-electron chi connectivity index (χ0n) is 14.7. The predicted octanol–water partition coefficient (Wildman–Crippen LogP) is 3.23. The van der Waals surface area contributed by atoms with Crippen molar-refractivity contribution in [3.05, 3.63) is 0 Å². The maximum Gasteiger partial charge on any atom is 0.0778 e. The Labute approximate surface area is 126 Å². The molecule has 0 aliphatic rings. The van der Waals surface area contributed by atoms with Crippen LogP contribution in [0.3, 0.4) is 0 Å². The van der Waals surface area contributed by atoms with Crippen LogP contribution in [0.5, 0.6) is 0 Å². The molecule has 0 aliphatic heterocycles. The molecule has 0 unspecified atom stereocenters. The summed E-state index contributed by atoms with van der Waals surface area (Å²) >= 11 is 0. The van der Waals surface area contributed by atoms with Crippen molar-refractivity contribution in [3.63, 3.8) is 0 Å². The minimum absolute atomic E-state index is 0.114. The van der Waals surface area contributed by atoms with E-state index in [0.29, 0.717) is 0 Å². The third kappa shape index (κ3) is 5.58. The van der Waals surface area contributed by atoms with Crippen molar-refractivity contribution in [1.29, 1.82) is 0 Å². The number of nitrogens with zero attached hydrogens (tertiary/aromatic N) is 2. The Balaban J connectivity index is 4.97. The van der Waals surface area contributed by atoms with E-state index in [0.717, 1.165) is 26.2 Å². The molecule has 0 bridgehead atoms. The molecule has 0 heterocycles. The molecule has 0 spiro atoms. The SMILES string of the molecule is CCN(CC)C(C)(C)C#CC#CC(C)(C)N(CC)CC. The van der Waals surface area contributed by atoms with Crippen LogP contribution in [0.25, 0.3) is 0 Å². The third-order valence-corrected chi connectivity index (χ3v) is 3.91. The summed E-state index contributed by atoms with van der Waals surface area (Å²) in [6.07, 6.45) is 0. The molecular weight excluding hydrogens is 244 g/mol. The number of hydrogen-bond acceptors (Lipinski definition) is 2. The fourth-order valence-electron chi connectivity index (χ4n) is 2.55. The summed E-state index contributed by atoms with van der Waals surface area (Å²) in [5.74, 6) is 12.7. The molecule has 2 heteroatoms. The number of rotatable bonds is 6. The molecule has 0 aromatic heterocycles. The zero-order valence-corrected chi connectivity index (χ0v) is 14.7. The van der Waals surface area contributed by atoms with E-state index in [4.69, 9.17) is 0 Å². The van der Waals surface area contributed by atoms with Crippen LogP contribution in [0.1, 0.15) is 55.4 Å². The standard InChI is InChI=1S/C18H32N2/c1-9-19(10-2)17(5,6)15-13-14-16-18(7,8)20(11-3)12-4/h9-12H2,1-8H3. The minimum Gasteiger partial charge on any atom is -0.288 e. The van der Waals surface area contributed by atoms with Crippen molar-refractivity contribution in [2.75, 3.05) is 26.2 Å². The first kappa shape index (κ1) is 19.0. The Morgan fingerprint density at radius 1 is 0.600 bits per heavy atom. The summed E-state index contributed by atoms with van der Waals surface area (Å²) < 4.78 is 0. The Morgan fingerprint density at radius 2 is 0.850 bits per heavy atom. The van der Waals surface area contributed by atoms with Crippen molar-refractivity contribution in [1.82, 2.24) is 9.80 Å². The summed E-state index contributed by atoms with van der Waals surface area (Å²) in [4.78, 5) is 4.69. The lowest BCUT2D eigenvalue weighted by Gasteiger charge is -2.32. The average molecular weight is 276 g/mol. The van der Waals surface area contributed by atoms with Gasteiger partial charge < -0.3 is 0 Å². The molecule has 20 heavy (non-hydrogen) atoms. The molecule has 0 amide bonds. The lowest BCUT2D eigenvalue weighted by Crippen LogP contribution is -2.42. The number of hydrogen-bond donors (Lipinski definition) is 0. The average Bonchev–Trinajstić information content (AvgIpc) is 2.37. The van der Waals surface area contributed by atoms with E-state index in [2.05, 4.69) is 88.9 Å². The van der Waals surface area contributed by atoms with Gasteiger partial charge in [0.15, 0.2) is 0 Å². The predicted molar refractivity (Wildman–Crippen MR) is 89.6 cm³/mol. The minimum atomic E-state index is -0.114. The highest BCUT2D eigenvalue weighted by molar-refractivity contribution is 5.33.